The summed E-state index contributed by atoms with van der Waals surface area (Å²) in [5.41, 5.74) is 3.77. The monoisotopic (exact) mass is 352 g/mol. The number of carbonyl (C=O) groups is 1. The third kappa shape index (κ3) is 3.99. The van der Waals surface area contributed by atoms with Crippen molar-refractivity contribution in [3.05, 3.63) is 59.3 Å². The third-order valence-electron chi connectivity index (χ3n) is 4.30. The number of ether oxygens (including phenoxy) is 2. The molecule has 0 aliphatic carbocycles. The predicted octanol–water partition coefficient (Wildman–Crippen LogP) is 3.94. The van der Waals surface area contributed by atoms with E-state index in [-0.39, 0.29) is 5.91 Å². The van der Waals surface area contributed by atoms with Gasteiger partial charge in [-0.3, -0.25) is 4.79 Å². The standard InChI is InChI=1S/C21H24N2O3/c1-14-9-15(2)11-18(10-14)26-8-7-23(3)21(24)20-12-16-5-6-17(25-4)13-19(16)22-20/h5-6,9-13,22H,7-8H2,1-4H3. The van der Waals surface area contributed by atoms with Crippen molar-refractivity contribution in [1.29, 1.82) is 0 Å². The lowest BCUT2D eigenvalue weighted by atomic mass is 10.1. The molecule has 136 valence electrons. The van der Waals surface area contributed by atoms with E-state index in [0.717, 1.165) is 33.5 Å². The molecule has 0 saturated heterocycles. The summed E-state index contributed by atoms with van der Waals surface area (Å²) in [6.07, 6.45) is 0. The number of nitrogens with one attached hydrogen (secondary N) is 1. The second kappa shape index (κ2) is 7.52. The van der Waals surface area contributed by atoms with E-state index in [1.54, 1.807) is 19.1 Å². The summed E-state index contributed by atoms with van der Waals surface area (Å²) in [6, 6.07) is 13.7. The predicted molar refractivity (Wildman–Crippen MR) is 103 cm³/mol. The van der Waals surface area contributed by atoms with E-state index in [1.165, 1.54) is 0 Å². The first kappa shape index (κ1) is 17.9. The molecule has 0 unspecified atom stereocenters. The summed E-state index contributed by atoms with van der Waals surface area (Å²) in [6.45, 7) is 5.03. The molecule has 5 heteroatoms. The van der Waals surface area contributed by atoms with Crippen LogP contribution in [0, 0.1) is 13.8 Å². The topological polar surface area (TPSA) is 54.6 Å². The van der Waals surface area contributed by atoms with Gasteiger partial charge in [0.05, 0.1) is 13.7 Å². The number of methoxy groups -OCH3 is 1. The summed E-state index contributed by atoms with van der Waals surface area (Å²) in [4.78, 5) is 17.4. The van der Waals surface area contributed by atoms with E-state index in [1.807, 2.05) is 50.2 Å². The number of amides is 1. The van der Waals surface area contributed by atoms with E-state index in [2.05, 4.69) is 11.1 Å². The van der Waals surface area contributed by atoms with Crippen LogP contribution in [0.25, 0.3) is 10.9 Å². The lowest BCUT2D eigenvalue weighted by Gasteiger charge is -2.17. The smallest absolute Gasteiger partial charge is 0.270 e. The van der Waals surface area contributed by atoms with E-state index in [4.69, 9.17) is 9.47 Å². The Bertz CT molecular complexity index is 910. The second-order valence-electron chi connectivity index (χ2n) is 6.53. The number of benzene rings is 2. The fourth-order valence-corrected chi connectivity index (χ4v) is 2.97. The van der Waals surface area contributed by atoms with E-state index < -0.39 is 0 Å². The highest BCUT2D eigenvalue weighted by Crippen LogP contribution is 2.22. The number of rotatable bonds is 6. The second-order valence-corrected chi connectivity index (χ2v) is 6.53. The van der Waals surface area contributed by atoms with Crippen LogP contribution in [0.15, 0.2) is 42.5 Å². The van der Waals surface area contributed by atoms with Crippen molar-refractivity contribution in [1.82, 2.24) is 9.88 Å². The SMILES string of the molecule is COc1ccc2cc(C(=O)N(C)CCOc3cc(C)cc(C)c3)[nH]c2c1. The van der Waals surface area contributed by atoms with Crippen molar-refractivity contribution in [2.75, 3.05) is 27.3 Å². The average molecular weight is 352 g/mol. The van der Waals surface area contributed by atoms with E-state index >= 15 is 0 Å². The molecule has 0 bridgehead atoms. The third-order valence-corrected chi connectivity index (χ3v) is 4.30. The van der Waals surface area contributed by atoms with Gasteiger partial charge in [0.2, 0.25) is 0 Å². The Balaban J connectivity index is 1.62. The number of fused-ring (bicyclic) bond motifs is 1. The van der Waals surface area contributed by atoms with Gasteiger partial charge in [-0.1, -0.05) is 6.07 Å². The maximum Gasteiger partial charge on any atom is 0.270 e. The fraction of sp³-hybridized carbons (Fsp3) is 0.286. The summed E-state index contributed by atoms with van der Waals surface area (Å²) in [5.74, 6) is 1.53. The van der Waals surface area contributed by atoms with Gasteiger partial charge in [0.1, 0.15) is 23.8 Å². The largest absolute Gasteiger partial charge is 0.497 e. The van der Waals surface area contributed by atoms with Crippen LogP contribution in [0.2, 0.25) is 0 Å². The first-order chi connectivity index (χ1) is 12.5. The molecule has 3 aromatic rings. The molecule has 1 heterocycles. The number of aromatic amines is 1. The quantitative estimate of drug-likeness (QED) is 0.731. The van der Waals surface area contributed by atoms with Crippen LogP contribution < -0.4 is 9.47 Å². The molecule has 0 saturated carbocycles. The highest BCUT2D eigenvalue weighted by Gasteiger charge is 2.14. The molecule has 0 aliphatic heterocycles. The molecule has 2 aromatic carbocycles. The summed E-state index contributed by atoms with van der Waals surface area (Å²) in [5, 5.41) is 0.981. The van der Waals surface area contributed by atoms with Crippen LogP contribution in [0.5, 0.6) is 11.5 Å². The number of likely N-dealkylation sites (N-methyl/N-ethyl adjacent to an activating group) is 1. The van der Waals surface area contributed by atoms with Gasteiger partial charge in [0, 0.05) is 24.0 Å². The van der Waals surface area contributed by atoms with Crippen LogP contribution in [-0.2, 0) is 0 Å². The van der Waals surface area contributed by atoms with Crippen molar-refractivity contribution in [2.24, 2.45) is 0 Å². The minimum atomic E-state index is -0.0656. The van der Waals surface area contributed by atoms with E-state index in [0.29, 0.717) is 18.8 Å². The molecule has 0 aliphatic rings. The normalized spacial score (nSPS) is 10.8. The molecule has 1 amide bonds. The van der Waals surface area contributed by atoms with Gasteiger partial charge < -0.3 is 19.4 Å². The maximum atomic E-state index is 12.6. The molecular weight excluding hydrogens is 328 g/mol. The number of H-pyrrole nitrogens is 1. The van der Waals surface area contributed by atoms with Crippen molar-refractivity contribution < 1.29 is 14.3 Å². The first-order valence-electron chi connectivity index (χ1n) is 8.59. The van der Waals surface area contributed by atoms with Crippen LogP contribution >= 0.6 is 0 Å². The summed E-state index contributed by atoms with van der Waals surface area (Å²) < 4.78 is 11.0. The minimum Gasteiger partial charge on any atom is -0.497 e. The van der Waals surface area contributed by atoms with E-state index in [9.17, 15) is 4.79 Å². The number of aryl methyl sites for hydroxylation is 2. The number of carbonyl (C=O) groups excluding carboxylic acids is 1. The average Bonchev–Trinajstić information content (AvgIpc) is 3.03. The van der Waals surface area contributed by atoms with Gasteiger partial charge in [-0.2, -0.15) is 0 Å². The number of nitrogens with zero attached hydrogens (tertiary/aromatic N) is 1. The van der Waals surface area contributed by atoms with Crippen LogP contribution in [0.4, 0.5) is 0 Å². The van der Waals surface area contributed by atoms with Crippen molar-refractivity contribution in [2.45, 2.75) is 13.8 Å². The van der Waals surface area contributed by atoms with Crippen molar-refractivity contribution in [3.63, 3.8) is 0 Å². The van der Waals surface area contributed by atoms with Crippen molar-refractivity contribution in [3.8, 4) is 11.5 Å². The zero-order valence-electron chi connectivity index (χ0n) is 15.6. The number of aromatic nitrogens is 1. The van der Waals surface area contributed by atoms with Crippen LogP contribution in [-0.4, -0.2) is 43.1 Å². The highest BCUT2D eigenvalue weighted by atomic mass is 16.5. The molecule has 0 atom stereocenters. The van der Waals surface area contributed by atoms with Gasteiger partial charge in [0.25, 0.3) is 5.91 Å². The molecule has 1 aromatic heterocycles. The molecule has 0 fully saturated rings. The molecule has 0 spiro atoms. The maximum absolute atomic E-state index is 12.6. The summed E-state index contributed by atoms with van der Waals surface area (Å²) >= 11 is 0. The Morgan fingerprint density at radius 1 is 1.04 bits per heavy atom. The van der Waals surface area contributed by atoms with Gasteiger partial charge in [-0.25, -0.2) is 0 Å². The minimum absolute atomic E-state index is 0.0656. The molecule has 0 radical (unpaired) electrons. The zero-order chi connectivity index (χ0) is 18.7. The Labute approximate surface area is 153 Å². The lowest BCUT2D eigenvalue weighted by molar-refractivity contribution is 0.0769. The van der Waals surface area contributed by atoms with Gasteiger partial charge >= 0.3 is 0 Å². The van der Waals surface area contributed by atoms with Crippen molar-refractivity contribution >= 4 is 16.8 Å². The van der Waals surface area contributed by atoms with Gasteiger partial charge in [0.15, 0.2) is 0 Å². The number of hydrogen-bond acceptors (Lipinski definition) is 3. The molecule has 26 heavy (non-hydrogen) atoms. The highest BCUT2D eigenvalue weighted by molar-refractivity contribution is 5.98. The summed E-state index contributed by atoms with van der Waals surface area (Å²) in [7, 11) is 3.40. The lowest BCUT2D eigenvalue weighted by Crippen LogP contribution is -2.31. The Hall–Kier alpha value is -2.95. The number of hydrogen-bond donors (Lipinski definition) is 1. The molecule has 5 nitrogen and oxygen atoms in total. The zero-order valence-corrected chi connectivity index (χ0v) is 15.6. The first-order valence-corrected chi connectivity index (χ1v) is 8.59. The Morgan fingerprint density at radius 2 is 1.77 bits per heavy atom. The fourth-order valence-electron chi connectivity index (χ4n) is 2.97. The van der Waals surface area contributed by atoms with Crippen LogP contribution in [0.1, 0.15) is 21.6 Å². The Morgan fingerprint density at radius 3 is 2.46 bits per heavy atom. The molecule has 1 N–H and O–H groups in total. The molecule has 3 rings (SSSR count). The van der Waals surface area contributed by atoms with Crippen LogP contribution in [0.3, 0.4) is 0 Å². The Kier molecular flexibility index (Phi) is 5.16. The van der Waals surface area contributed by atoms with Gasteiger partial charge in [-0.05, 0) is 55.3 Å². The molecular formula is C21H24N2O3. The van der Waals surface area contributed by atoms with Gasteiger partial charge in [-0.15, -0.1) is 0 Å².